The maximum Gasteiger partial charge on any atom is 0.252 e. The summed E-state index contributed by atoms with van der Waals surface area (Å²) in [5.74, 6) is -0.192. The van der Waals surface area contributed by atoms with Gasteiger partial charge in [-0.2, -0.15) is 5.10 Å². The lowest BCUT2D eigenvalue weighted by molar-refractivity contribution is 0.0951. The summed E-state index contributed by atoms with van der Waals surface area (Å²) in [6, 6.07) is 11.6. The van der Waals surface area contributed by atoms with Crippen LogP contribution in [0, 0.1) is 6.92 Å². The van der Waals surface area contributed by atoms with E-state index in [0.717, 1.165) is 16.9 Å². The molecule has 2 N–H and O–H groups in total. The molecule has 0 saturated carbocycles. The van der Waals surface area contributed by atoms with E-state index in [0.29, 0.717) is 18.5 Å². The number of amides is 1. The number of nitrogens with one attached hydrogen (secondary N) is 1. The number of benzene rings is 1. The smallest absolute Gasteiger partial charge is 0.252 e. The Morgan fingerprint density at radius 3 is 2.64 bits per heavy atom. The van der Waals surface area contributed by atoms with Crippen LogP contribution >= 0.6 is 0 Å². The first-order chi connectivity index (χ1) is 12.2. The van der Waals surface area contributed by atoms with E-state index in [-0.39, 0.29) is 12.5 Å². The van der Waals surface area contributed by atoms with Crippen LogP contribution in [-0.4, -0.2) is 38.9 Å². The van der Waals surface area contributed by atoms with E-state index < -0.39 is 0 Å². The average Bonchev–Trinajstić information content (AvgIpc) is 3.13. The molecule has 1 amide bonds. The molecule has 6 heteroatoms. The summed E-state index contributed by atoms with van der Waals surface area (Å²) in [5.41, 5.74) is 4.31. The van der Waals surface area contributed by atoms with Gasteiger partial charge in [0.2, 0.25) is 0 Å². The molecule has 0 aliphatic heterocycles. The molecule has 0 atom stereocenters. The zero-order chi connectivity index (χ0) is 17.6. The number of nitrogens with zero attached hydrogens (tertiary/aromatic N) is 3. The fourth-order valence-electron chi connectivity index (χ4n) is 2.38. The second-order valence-electron chi connectivity index (χ2n) is 5.77. The lowest BCUT2D eigenvalue weighted by atomic mass is 10.2. The third-order valence-corrected chi connectivity index (χ3v) is 3.82. The standard InChI is InChI=1S/C19H20N4O2/c1-14-3-6-17(7-4-14)23-13-16(12-22-23)18-8-5-15(11-21-18)19(25)20-9-2-10-24/h3-8,11-13,24H,2,9-10H2,1H3,(H,20,25). The summed E-state index contributed by atoms with van der Waals surface area (Å²) in [5, 5.41) is 15.8. The molecule has 3 rings (SSSR count). The third-order valence-electron chi connectivity index (χ3n) is 3.82. The number of aryl methyl sites for hydroxylation is 1. The van der Waals surface area contributed by atoms with Gasteiger partial charge in [0.15, 0.2) is 0 Å². The van der Waals surface area contributed by atoms with E-state index in [1.165, 1.54) is 5.56 Å². The van der Waals surface area contributed by atoms with Gasteiger partial charge in [0.1, 0.15) is 0 Å². The number of carbonyl (C=O) groups excluding carboxylic acids is 1. The van der Waals surface area contributed by atoms with Crippen molar-refractivity contribution in [3.8, 4) is 16.9 Å². The molecule has 25 heavy (non-hydrogen) atoms. The minimum absolute atomic E-state index is 0.0580. The molecular weight excluding hydrogens is 316 g/mol. The minimum Gasteiger partial charge on any atom is -0.396 e. The molecule has 0 fully saturated rings. The Balaban J connectivity index is 1.72. The van der Waals surface area contributed by atoms with Gasteiger partial charge >= 0.3 is 0 Å². The van der Waals surface area contributed by atoms with Gasteiger partial charge in [-0.1, -0.05) is 17.7 Å². The first-order valence-electron chi connectivity index (χ1n) is 8.14. The molecule has 0 spiro atoms. The molecule has 6 nitrogen and oxygen atoms in total. The fraction of sp³-hybridized carbons (Fsp3) is 0.211. The van der Waals surface area contributed by atoms with E-state index >= 15 is 0 Å². The van der Waals surface area contributed by atoms with Crippen LogP contribution in [0.4, 0.5) is 0 Å². The summed E-state index contributed by atoms with van der Waals surface area (Å²) in [4.78, 5) is 16.3. The Morgan fingerprint density at radius 2 is 1.96 bits per heavy atom. The van der Waals surface area contributed by atoms with Gasteiger partial charge in [-0.05, 0) is 37.6 Å². The summed E-state index contributed by atoms with van der Waals surface area (Å²) < 4.78 is 1.80. The van der Waals surface area contributed by atoms with Crippen LogP contribution in [-0.2, 0) is 0 Å². The van der Waals surface area contributed by atoms with Gasteiger partial charge in [0, 0.05) is 31.1 Å². The van der Waals surface area contributed by atoms with Crippen molar-refractivity contribution in [2.75, 3.05) is 13.2 Å². The maximum absolute atomic E-state index is 11.9. The molecule has 0 radical (unpaired) electrons. The van der Waals surface area contributed by atoms with Gasteiger partial charge in [-0.15, -0.1) is 0 Å². The molecule has 3 aromatic rings. The number of rotatable bonds is 6. The number of hydrogen-bond acceptors (Lipinski definition) is 4. The van der Waals surface area contributed by atoms with Gasteiger partial charge in [-0.3, -0.25) is 9.78 Å². The molecule has 2 heterocycles. The van der Waals surface area contributed by atoms with Crippen LogP contribution < -0.4 is 5.32 Å². The molecule has 0 aliphatic carbocycles. The van der Waals surface area contributed by atoms with Crippen LogP contribution in [0.3, 0.4) is 0 Å². The Morgan fingerprint density at radius 1 is 1.16 bits per heavy atom. The molecule has 0 saturated heterocycles. The quantitative estimate of drug-likeness (QED) is 0.677. The first kappa shape index (κ1) is 16.9. The molecule has 2 aromatic heterocycles. The van der Waals surface area contributed by atoms with E-state index in [9.17, 15) is 4.79 Å². The van der Waals surface area contributed by atoms with Crippen molar-refractivity contribution in [3.63, 3.8) is 0 Å². The molecule has 128 valence electrons. The molecule has 1 aromatic carbocycles. The zero-order valence-corrected chi connectivity index (χ0v) is 14.0. The van der Waals surface area contributed by atoms with Crippen LogP contribution in [0.1, 0.15) is 22.3 Å². The number of aromatic nitrogens is 3. The Bertz CT molecular complexity index is 839. The highest BCUT2D eigenvalue weighted by molar-refractivity contribution is 5.94. The highest BCUT2D eigenvalue weighted by Gasteiger charge is 2.08. The monoisotopic (exact) mass is 336 g/mol. The fourth-order valence-corrected chi connectivity index (χ4v) is 2.38. The number of hydrogen-bond donors (Lipinski definition) is 2. The van der Waals surface area contributed by atoms with Gasteiger partial charge < -0.3 is 10.4 Å². The van der Waals surface area contributed by atoms with Crippen molar-refractivity contribution in [1.29, 1.82) is 0 Å². The predicted molar refractivity (Wildman–Crippen MR) is 95.6 cm³/mol. The van der Waals surface area contributed by atoms with Crippen LogP contribution in [0.5, 0.6) is 0 Å². The lowest BCUT2D eigenvalue weighted by Gasteiger charge is -2.04. The topological polar surface area (TPSA) is 80.0 Å². The second-order valence-corrected chi connectivity index (χ2v) is 5.77. The summed E-state index contributed by atoms with van der Waals surface area (Å²) >= 11 is 0. The normalized spacial score (nSPS) is 10.6. The van der Waals surface area contributed by atoms with Crippen molar-refractivity contribution < 1.29 is 9.90 Å². The Labute approximate surface area is 146 Å². The highest BCUT2D eigenvalue weighted by Crippen LogP contribution is 2.18. The Kier molecular flexibility index (Phi) is 5.20. The van der Waals surface area contributed by atoms with E-state index in [4.69, 9.17) is 5.11 Å². The van der Waals surface area contributed by atoms with Crippen molar-refractivity contribution in [2.24, 2.45) is 0 Å². The number of pyridine rings is 1. The largest absolute Gasteiger partial charge is 0.396 e. The average molecular weight is 336 g/mol. The number of carbonyl (C=O) groups is 1. The third kappa shape index (κ3) is 4.10. The SMILES string of the molecule is Cc1ccc(-n2cc(-c3ccc(C(=O)NCCCO)cn3)cn2)cc1. The van der Waals surface area contributed by atoms with Crippen molar-refractivity contribution in [2.45, 2.75) is 13.3 Å². The summed E-state index contributed by atoms with van der Waals surface area (Å²) in [6.07, 6.45) is 5.75. The van der Waals surface area contributed by atoms with Gasteiger partial charge in [0.05, 0.1) is 23.1 Å². The van der Waals surface area contributed by atoms with Crippen LogP contribution in [0.25, 0.3) is 16.9 Å². The van der Waals surface area contributed by atoms with Gasteiger partial charge in [0.25, 0.3) is 5.91 Å². The molecule has 0 unspecified atom stereocenters. The minimum atomic E-state index is -0.192. The lowest BCUT2D eigenvalue weighted by Crippen LogP contribution is -2.25. The zero-order valence-electron chi connectivity index (χ0n) is 14.0. The Hall–Kier alpha value is -2.99. The van der Waals surface area contributed by atoms with Crippen molar-refractivity contribution in [3.05, 3.63) is 66.1 Å². The van der Waals surface area contributed by atoms with E-state index in [1.54, 1.807) is 29.2 Å². The highest BCUT2D eigenvalue weighted by atomic mass is 16.3. The maximum atomic E-state index is 11.9. The van der Waals surface area contributed by atoms with Crippen LogP contribution in [0.15, 0.2) is 55.0 Å². The first-order valence-corrected chi connectivity index (χ1v) is 8.14. The number of aliphatic hydroxyl groups is 1. The van der Waals surface area contributed by atoms with Gasteiger partial charge in [-0.25, -0.2) is 4.68 Å². The van der Waals surface area contributed by atoms with Crippen molar-refractivity contribution in [1.82, 2.24) is 20.1 Å². The predicted octanol–water partition coefficient (Wildman–Crippen LogP) is 2.35. The van der Waals surface area contributed by atoms with E-state index in [1.807, 2.05) is 37.4 Å². The second kappa shape index (κ2) is 7.72. The van der Waals surface area contributed by atoms with Crippen molar-refractivity contribution >= 4 is 5.91 Å². The molecule has 0 aliphatic rings. The number of aliphatic hydroxyl groups excluding tert-OH is 1. The molecular formula is C19H20N4O2. The summed E-state index contributed by atoms with van der Waals surface area (Å²) in [6.45, 7) is 2.55. The van der Waals surface area contributed by atoms with E-state index in [2.05, 4.69) is 15.4 Å². The summed E-state index contributed by atoms with van der Waals surface area (Å²) in [7, 11) is 0. The van der Waals surface area contributed by atoms with Crippen LogP contribution in [0.2, 0.25) is 0 Å². The molecule has 0 bridgehead atoms.